The van der Waals surface area contributed by atoms with E-state index in [1.54, 1.807) is 18.2 Å². The fourth-order valence-electron chi connectivity index (χ4n) is 3.14. The largest absolute Gasteiger partial charge is 0.466 e. The Hall–Kier alpha value is -4.06. The molecule has 1 aliphatic rings. The van der Waals surface area contributed by atoms with Crippen molar-refractivity contribution in [3.05, 3.63) is 45.8 Å². The molecule has 1 aliphatic heterocycles. The third-order valence-electron chi connectivity index (χ3n) is 4.53. The van der Waals surface area contributed by atoms with Crippen LogP contribution in [-0.4, -0.2) is 69.3 Å². The molecule has 3 heterocycles. The SMILES string of the molecule is COC(=O)C1=C(Nc2cccc3c(=O)cc(-c4nn[nH]n4)oc23)C(=O)N(CCO)C1. The average Bonchev–Trinajstić information content (AvgIpc) is 3.38. The molecule has 1 aromatic carbocycles. The van der Waals surface area contributed by atoms with E-state index in [2.05, 4.69) is 25.9 Å². The van der Waals surface area contributed by atoms with Crippen LogP contribution >= 0.6 is 0 Å². The Morgan fingerprint density at radius 1 is 1.40 bits per heavy atom. The summed E-state index contributed by atoms with van der Waals surface area (Å²) in [6.07, 6.45) is 0. The van der Waals surface area contributed by atoms with Gasteiger partial charge in [-0.3, -0.25) is 9.59 Å². The van der Waals surface area contributed by atoms with Crippen LogP contribution in [0.1, 0.15) is 0 Å². The molecule has 0 fully saturated rings. The number of nitrogens with zero attached hydrogens (tertiary/aromatic N) is 4. The molecule has 0 saturated carbocycles. The van der Waals surface area contributed by atoms with Crippen molar-refractivity contribution >= 4 is 28.5 Å². The minimum absolute atomic E-state index is 0.0166. The normalized spacial score (nSPS) is 13.9. The van der Waals surface area contributed by atoms with Crippen molar-refractivity contribution in [3.8, 4) is 11.6 Å². The fraction of sp³-hybridized carbons (Fsp3) is 0.222. The lowest BCUT2D eigenvalue weighted by atomic mass is 10.1. The number of tetrazole rings is 1. The standard InChI is InChI=1S/C18H16N6O6/c1-29-18(28)10-8-24(5-6-25)17(27)14(10)19-11-4-2-3-9-12(26)7-13(30-15(9)11)16-20-22-23-21-16/h2-4,7,19,25H,5-6,8H2,1H3,(H,20,21,22,23). The van der Waals surface area contributed by atoms with Gasteiger partial charge in [0.15, 0.2) is 16.8 Å². The number of H-pyrrole nitrogens is 1. The van der Waals surface area contributed by atoms with E-state index in [0.29, 0.717) is 0 Å². The van der Waals surface area contributed by atoms with E-state index in [-0.39, 0.29) is 64.6 Å². The van der Waals surface area contributed by atoms with Crippen molar-refractivity contribution in [2.24, 2.45) is 0 Å². The van der Waals surface area contributed by atoms with Gasteiger partial charge in [-0.25, -0.2) is 4.79 Å². The van der Waals surface area contributed by atoms with E-state index in [9.17, 15) is 19.5 Å². The molecule has 0 spiro atoms. The average molecular weight is 412 g/mol. The van der Waals surface area contributed by atoms with E-state index in [0.717, 1.165) is 0 Å². The number of aliphatic hydroxyl groups is 1. The predicted molar refractivity (Wildman–Crippen MR) is 102 cm³/mol. The van der Waals surface area contributed by atoms with Gasteiger partial charge >= 0.3 is 5.97 Å². The molecular weight excluding hydrogens is 396 g/mol. The summed E-state index contributed by atoms with van der Waals surface area (Å²) in [7, 11) is 1.21. The van der Waals surface area contributed by atoms with Crippen LogP contribution in [0.25, 0.3) is 22.6 Å². The monoisotopic (exact) mass is 412 g/mol. The summed E-state index contributed by atoms with van der Waals surface area (Å²) in [6, 6.07) is 6.00. The summed E-state index contributed by atoms with van der Waals surface area (Å²) in [5.41, 5.74) is 0.169. The van der Waals surface area contributed by atoms with Crippen molar-refractivity contribution in [1.82, 2.24) is 25.5 Å². The van der Waals surface area contributed by atoms with Crippen molar-refractivity contribution in [2.45, 2.75) is 0 Å². The van der Waals surface area contributed by atoms with Crippen molar-refractivity contribution in [1.29, 1.82) is 0 Å². The maximum absolute atomic E-state index is 12.7. The Kier molecular flexibility index (Phi) is 4.98. The summed E-state index contributed by atoms with van der Waals surface area (Å²) < 4.78 is 10.6. The third-order valence-corrected chi connectivity index (χ3v) is 4.53. The zero-order valence-corrected chi connectivity index (χ0v) is 15.7. The lowest BCUT2D eigenvalue weighted by molar-refractivity contribution is -0.136. The van der Waals surface area contributed by atoms with Gasteiger partial charge in [-0.05, 0) is 17.3 Å². The molecule has 3 aromatic rings. The number of aromatic nitrogens is 4. The first-order valence-corrected chi connectivity index (χ1v) is 8.82. The molecule has 4 rings (SSSR count). The number of aliphatic hydroxyl groups excluding tert-OH is 1. The number of carbonyl (C=O) groups is 2. The van der Waals surface area contributed by atoms with Gasteiger partial charge < -0.3 is 24.5 Å². The Labute approximate surface area is 168 Å². The molecule has 12 nitrogen and oxygen atoms in total. The van der Waals surface area contributed by atoms with Gasteiger partial charge in [0.05, 0.1) is 36.9 Å². The highest BCUT2D eigenvalue weighted by Crippen LogP contribution is 2.29. The number of aromatic amines is 1. The van der Waals surface area contributed by atoms with Crippen LogP contribution in [-0.2, 0) is 14.3 Å². The highest BCUT2D eigenvalue weighted by Gasteiger charge is 2.34. The van der Waals surface area contributed by atoms with Crippen LogP contribution in [0.2, 0.25) is 0 Å². The van der Waals surface area contributed by atoms with Gasteiger partial charge in [0.1, 0.15) is 5.70 Å². The third kappa shape index (κ3) is 3.28. The first kappa shape index (κ1) is 19.3. The molecule has 1 amide bonds. The molecule has 0 saturated heterocycles. The quantitative estimate of drug-likeness (QED) is 0.456. The van der Waals surface area contributed by atoms with E-state index < -0.39 is 11.9 Å². The van der Waals surface area contributed by atoms with E-state index in [4.69, 9.17) is 9.15 Å². The number of hydrogen-bond acceptors (Lipinski definition) is 10. The van der Waals surface area contributed by atoms with Crippen LogP contribution in [0.15, 0.2) is 44.7 Å². The highest BCUT2D eigenvalue weighted by molar-refractivity contribution is 6.09. The Balaban J connectivity index is 1.82. The number of anilines is 1. The minimum Gasteiger partial charge on any atom is -0.466 e. The van der Waals surface area contributed by atoms with E-state index in [1.165, 1.54) is 18.1 Å². The molecule has 0 bridgehead atoms. The fourth-order valence-corrected chi connectivity index (χ4v) is 3.14. The molecule has 0 aliphatic carbocycles. The number of para-hydroxylation sites is 1. The summed E-state index contributed by atoms with van der Waals surface area (Å²) in [5, 5.41) is 25.7. The molecule has 0 atom stereocenters. The zero-order chi connectivity index (χ0) is 21.3. The molecule has 3 N–H and O–H groups in total. The van der Waals surface area contributed by atoms with Crippen molar-refractivity contribution in [3.63, 3.8) is 0 Å². The summed E-state index contributed by atoms with van der Waals surface area (Å²) in [5.74, 6) is -1.000. The summed E-state index contributed by atoms with van der Waals surface area (Å²) in [4.78, 5) is 38.8. The number of benzene rings is 1. The number of ether oxygens (including phenoxy) is 1. The Morgan fingerprint density at radius 2 is 2.23 bits per heavy atom. The van der Waals surface area contributed by atoms with Gasteiger partial charge in [0.2, 0.25) is 5.82 Å². The minimum atomic E-state index is -0.680. The molecular formula is C18H16N6O6. The zero-order valence-electron chi connectivity index (χ0n) is 15.7. The molecule has 12 heteroatoms. The van der Waals surface area contributed by atoms with E-state index >= 15 is 0 Å². The van der Waals surface area contributed by atoms with Crippen LogP contribution in [0.3, 0.4) is 0 Å². The second-order valence-electron chi connectivity index (χ2n) is 6.31. The molecule has 30 heavy (non-hydrogen) atoms. The number of esters is 1. The predicted octanol–water partition coefficient (Wildman–Crippen LogP) is -0.353. The number of fused-ring (bicyclic) bond motifs is 1. The molecule has 2 aromatic heterocycles. The number of carbonyl (C=O) groups excluding carboxylic acids is 2. The van der Waals surface area contributed by atoms with Gasteiger partial charge in [-0.15, -0.1) is 10.2 Å². The smallest absolute Gasteiger partial charge is 0.337 e. The highest BCUT2D eigenvalue weighted by atomic mass is 16.5. The number of amides is 1. The van der Waals surface area contributed by atoms with Gasteiger partial charge in [0, 0.05) is 12.6 Å². The number of nitrogens with one attached hydrogen (secondary N) is 2. The van der Waals surface area contributed by atoms with Crippen molar-refractivity contribution in [2.75, 3.05) is 32.1 Å². The number of β-amino-alcohol motifs (C(OH)–C–C–N with tert-alkyl or cyclic N) is 1. The number of hydrogen-bond donors (Lipinski definition) is 3. The Bertz CT molecular complexity index is 1220. The lowest BCUT2D eigenvalue weighted by Gasteiger charge is -2.15. The number of rotatable bonds is 6. The van der Waals surface area contributed by atoms with Crippen LogP contribution in [0.5, 0.6) is 0 Å². The molecule has 154 valence electrons. The van der Waals surface area contributed by atoms with Gasteiger partial charge in [-0.1, -0.05) is 6.07 Å². The van der Waals surface area contributed by atoms with Gasteiger partial charge in [0.25, 0.3) is 5.91 Å². The maximum atomic E-state index is 12.7. The van der Waals surface area contributed by atoms with Gasteiger partial charge in [-0.2, -0.15) is 5.21 Å². The summed E-state index contributed by atoms with van der Waals surface area (Å²) in [6.45, 7) is -0.223. The van der Waals surface area contributed by atoms with Crippen LogP contribution in [0, 0.1) is 0 Å². The van der Waals surface area contributed by atoms with Crippen LogP contribution < -0.4 is 10.7 Å². The Morgan fingerprint density at radius 3 is 2.93 bits per heavy atom. The summed E-state index contributed by atoms with van der Waals surface area (Å²) >= 11 is 0. The second kappa shape index (κ2) is 7.75. The molecule has 0 unspecified atom stereocenters. The maximum Gasteiger partial charge on any atom is 0.337 e. The molecule has 0 radical (unpaired) electrons. The second-order valence-corrected chi connectivity index (χ2v) is 6.31. The van der Waals surface area contributed by atoms with Crippen molar-refractivity contribution < 1.29 is 23.8 Å². The first-order chi connectivity index (χ1) is 14.5. The van der Waals surface area contributed by atoms with Crippen LogP contribution in [0.4, 0.5) is 5.69 Å². The first-order valence-electron chi connectivity index (χ1n) is 8.82. The number of methoxy groups -OCH3 is 1. The lowest BCUT2D eigenvalue weighted by Crippen LogP contribution is -2.31. The topological polar surface area (TPSA) is 164 Å². The van der Waals surface area contributed by atoms with E-state index in [1.807, 2.05) is 0 Å².